The highest BCUT2D eigenvalue weighted by Gasteiger charge is 2.51. The average Bonchev–Trinajstić information content (AvgIpc) is 2.71. The number of rotatable bonds is 0. The van der Waals surface area contributed by atoms with Gasteiger partial charge in [0, 0.05) is 16.0 Å². The van der Waals surface area contributed by atoms with Crippen molar-refractivity contribution in [1.29, 1.82) is 0 Å². The molecule has 1 heterocycles. The van der Waals surface area contributed by atoms with Crippen LogP contribution in [0.4, 0.5) is 0 Å². The third kappa shape index (κ3) is 1.82. The van der Waals surface area contributed by atoms with Crippen LogP contribution in [0.5, 0.6) is 0 Å². The van der Waals surface area contributed by atoms with Crippen molar-refractivity contribution in [1.82, 2.24) is 5.32 Å². The maximum absolute atomic E-state index is 3.42. The lowest BCUT2D eigenvalue weighted by molar-refractivity contribution is 0.679. The van der Waals surface area contributed by atoms with Crippen LogP contribution >= 0.6 is 15.9 Å². The summed E-state index contributed by atoms with van der Waals surface area (Å²) in [6.45, 7) is 2.34. The van der Waals surface area contributed by atoms with Crippen LogP contribution in [0.15, 0.2) is 28.7 Å². The van der Waals surface area contributed by atoms with Gasteiger partial charge in [-0.1, -0.05) is 27.8 Å². The largest absolute Gasteiger partial charge is 0.316 e. The number of halogens is 1. The summed E-state index contributed by atoms with van der Waals surface area (Å²) in [7, 11) is 0. The van der Waals surface area contributed by atoms with Crippen LogP contribution in [0, 0.1) is 29.6 Å². The smallest absolute Gasteiger partial charge is 0.0294 e. The van der Waals surface area contributed by atoms with Gasteiger partial charge in [0.2, 0.25) is 0 Å². The summed E-state index contributed by atoms with van der Waals surface area (Å²) in [5.74, 6) is 9.00. The monoisotopic (exact) mass is 261 g/mol. The first kappa shape index (κ1) is 9.45. The molecule has 2 unspecified atom stereocenters. The second-order valence-corrected chi connectivity index (χ2v) is 5.20. The standard InChI is InChI=1S/C13H12BrN/c14-10-4-1-9(2-5-10)3-6-11-12-7-15-8-13(11)12/h1-2,4-5,11-13,15H,7-8H2. The first-order valence-corrected chi connectivity index (χ1v) is 6.12. The van der Waals surface area contributed by atoms with Crippen molar-refractivity contribution in [3.63, 3.8) is 0 Å². The van der Waals surface area contributed by atoms with E-state index in [0.29, 0.717) is 5.92 Å². The lowest BCUT2D eigenvalue weighted by Crippen LogP contribution is -2.13. The van der Waals surface area contributed by atoms with E-state index >= 15 is 0 Å². The van der Waals surface area contributed by atoms with E-state index in [2.05, 4.69) is 45.2 Å². The van der Waals surface area contributed by atoms with Crippen molar-refractivity contribution >= 4 is 15.9 Å². The molecule has 1 nitrogen and oxygen atoms in total. The minimum Gasteiger partial charge on any atom is -0.316 e. The second-order valence-electron chi connectivity index (χ2n) is 4.29. The molecule has 2 atom stereocenters. The minimum absolute atomic E-state index is 0.662. The number of hydrogen-bond acceptors (Lipinski definition) is 1. The lowest BCUT2D eigenvalue weighted by Gasteiger charge is -1.95. The Morgan fingerprint density at radius 2 is 1.80 bits per heavy atom. The Morgan fingerprint density at radius 1 is 1.13 bits per heavy atom. The molecule has 1 aliphatic heterocycles. The number of piperidine rings is 1. The molecule has 76 valence electrons. The van der Waals surface area contributed by atoms with E-state index in [1.54, 1.807) is 0 Å². The van der Waals surface area contributed by atoms with Gasteiger partial charge in [-0.3, -0.25) is 0 Å². The molecule has 2 heteroatoms. The summed E-state index contributed by atoms with van der Waals surface area (Å²) in [5, 5.41) is 3.38. The molecule has 0 spiro atoms. The molecule has 3 rings (SSSR count). The van der Waals surface area contributed by atoms with E-state index in [9.17, 15) is 0 Å². The second kappa shape index (κ2) is 3.66. The van der Waals surface area contributed by atoms with E-state index < -0.39 is 0 Å². The van der Waals surface area contributed by atoms with E-state index in [4.69, 9.17) is 0 Å². The summed E-state index contributed by atoms with van der Waals surface area (Å²) in [6.07, 6.45) is 0. The van der Waals surface area contributed by atoms with Gasteiger partial charge in [-0.25, -0.2) is 0 Å². The van der Waals surface area contributed by atoms with Crippen LogP contribution in [0.1, 0.15) is 5.56 Å². The van der Waals surface area contributed by atoms with Gasteiger partial charge in [0.15, 0.2) is 0 Å². The third-order valence-electron chi connectivity index (χ3n) is 3.32. The summed E-state index contributed by atoms with van der Waals surface area (Å²) < 4.78 is 1.11. The van der Waals surface area contributed by atoms with Gasteiger partial charge < -0.3 is 5.32 Å². The van der Waals surface area contributed by atoms with Gasteiger partial charge in [0.1, 0.15) is 0 Å². The van der Waals surface area contributed by atoms with Crippen molar-refractivity contribution < 1.29 is 0 Å². The topological polar surface area (TPSA) is 12.0 Å². The molecule has 1 aliphatic carbocycles. The van der Waals surface area contributed by atoms with Gasteiger partial charge in [-0.2, -0.15) is 0 Å². The molecule has 0 bridgehead atoms. The molecule has 1 N–H and O–H groups in total. The van der Waals surface area contributed by atoms with Gasteiger partial charge in [0.25, 0.3) is 0 Å². The molecule has 15 heavy (non-hydrogen) atoms. The molecule has 1 saturated carbocycles. The number of fused-ring (bicyclic) bond motifs is 1. The molecule has 1 aromatic carbocycles. The Bertz CT molecular complexity index is 416. The minimum atomic E-state index is 0.662. The lowest BCUT2D eigenvalue weighted by atomic mass is 10.2. The van der Waals surface area contributed by atoms with Gasteiger partial charge in [-0.15, -0.1) is 0 Å². The Kier molecular flexibility index (Phi) is 2.31. The van der Waals surface area contributed by atoms with Gasteiger partial charge in [-0.05, 0) is 49.2 Å². The first-order chi connectivity index (χ1) is 7.34. The Hall–Kier alpha value is -0.780. The van der Waals surface area contributed by atoms with Crippen LogP contribution in [-0.4, -0.2) is 13.1 Å². The van der Waals surface area contributed by atoms with E-state index in [1.165, 1.54) is 13.1 Å². The fourth-order valence-corrected chi connectivity index (χ4v) is 2.60. The van der Waals surface area contributed by atoms with E-state index in [-0.39, 0.29) is 0 Å². The Labute approximate surface area is 98.4 Å². The van der Waals surface area contributed by atoms with Crippen molar-refractivity contribution in [3.8, 4) is 11.8 Å². The highest BCUT2D eigenvalue weighted by Crippen LogP contribution is 2.47. The maximum atomic E-state index is 3.42. The summed E-state index contributed by atoms with van der Waals surface area (Å²) in [4.78, 5) is 0. The van der Waals surface area contributed by atoms with Crippen LogP contribution in [0.3, 0.4) is 0 Å². The molecule has 0 aromatic heterocycles. The SMILES string of the molecule is Brc1ccc(C#CC2C3CNCC23)cc1. The van der Waals surface area contributed by atoms with Crippen molar-refractivity contribution in [2.75, 3.05) is 13.1 Å². The summed E-state index contributed by atoms with van der Waals surface area (Å²) >= 11 is 3.42. The number of benzene rings is 1. The molecule has 2 aliphatic rings. The van der Waals surface area contributed by atoms with Crippen molar-refractivity contribution in [2.45, 2.75) is 0 Å². The van der Waals surface area contributed by atoms with Crippen LogP contribution in [0.2, 0.25) is 0 Å². The van der Waals surface area contributed by atoms with Crippen molar-refractivity contribution in [2.24, 2.45) is 17.8 Å². The molecule has 1 aromatic rings. The molecular formula is C13H12BrN. The van der Waals surface area contributed by atoms with Crippen LogP contribution < -0.4 is 5.32 Å². The molecule has 0 amide bonds. The molecule has 2 fully saturated rings. The Morgan fingerprint density at radius 3 is 2.47 bits per heavy atom. The van der Waals surface area contributed by atoms with Gasteiger partial charge in [0.05, 0.1) is 0 Å². The quantitative estimate of drug-likeness (QED) is 0.707. The number of nitrogens with one attached hydrogen (secondary N) is 1. The average molecular weight is 262 g/mol. The zero-order chi connectivity index (χ0) is 10.3. The highest BCUT2D eigenvalue weighted by atomic mass is 79.9. The number of hydrogen-bond donors (Lipinski definition) is 1. The fraction of sp³-hybridized carbons (Fsp3) is 0.385. The summed E-state index contributed by atoms with van der Waals surface area (Å²) in [6, 6.07) is 8.21. The normalized spacial score (nSPS) is 31.7. The molecular weight excluding hydrogens is 250 g/mol. The van der Waals surface area contributed by atoms with Crippen LogP contribution in [0.25, 0.3) is 0 Å². The first-order valence-electron chi connectivity index (χ1n) is 5.32. The third-order valence-corrected chi connectivity index (χ3v) is 3.85. The summed E-state index contributed by atoms with van der Waals surface area (Å²) in [5.41, 5.74) is 1.12. The zero-order valence-electron chi connectivity index (χ0n) is 8.33. The Balaban J connectivity index is 1.71. The van der Waals surface area contributed by atoms with E-state index in [0.717, 1.165) is 21.9 Å². The van der Waals surface area contributed by atoms with E-state index in [1.807, 2.05) is 12.1 Å². The fourth-order valence-electron chi connectivity index (χ4n) is 2.33. The molecule has 1 saturated heterocycles. The predicted molar refractivity (Wildman–Crippen MR) is 64.4 cm³/mol. The zero-order valence-corrected chi connectivity index (χ0v) is 9.92. The molecule has 0 radical (unpaired) electrons. The maximum Gasteiger partial charge on any atom is 0.0294 e. The van der Waals surface area contributed by atoms with Gasteiger partial charge >= 0.3 is 0 Å². The van der Waals surface area contributed by atoms with Crippen molar-refractivity contribution in [3.05, 3.63) is 34.3 Å². The predicted octanol–water partition coefficient (Wildman–Crippen LogP) is 2.27. The van der Waals surface area contributed by atoms with Crippen LogP contribution in [-0.2, 0) is 0 Å². The highest BCUT2D eigenvalue weighted by molar-refractivity contribution is 9.10.